The van der Waals surface area contributed by atoms with E-state index in [0.29, 0.717) is 48.2 Å². The molecule has 0 spiro atoms. The van der Waals surface area contributed by atoms with Gasteiger partial charge in [0.15, 0.2) is 23.0 Å². The highest BCUT2D eigenvalue weighted by Gasteiger charge is 2.45. The molecule has 10 heteroatoms. The summed E-state index contributed by atoms with van der Waals surface area (Å²) >= 11 is 0. The van der Waals surface area contributed by atoms with E-state index in [1.54, 1.807) is 29.2 Å². The number of amidine groups is 1. The number of imide groups is 1. The molecule has 194 valence electrons. The summed E-state index contributed by atoms with van der Waals surface area (Å²) in [5.41, 5.74) is 8.64. The first-order valence-electron chi connectivity index (χ1n) is 12.3. The maximum atomic E-state index is 13.7. The van der Waals surface area contributed by atoms with Gasteiger partial charge in [0.2, 0.25) is 6.79 Å². The summed E-state index contributed by atoms with van der Waals surface area (Å²) in [4.78, 5) is 30.2. The van der Waals surface area contributed by atoms with Gasteiger partial charge in [-0.05, 0) is 41.0 Å². The normalized spacial score (nSPS) is 17.7. The van der Waals surface area contributed by atoms with E-state index in [2.05, 4.69) is 0 Å². The molecule has 0 unspecified atom stereocenters. The van der Waals surface area contributed by atoms with Crippen LogP contribution in [0, 0.1) is 5.41 Å². The molecule has 0 saturated carbocycles. The Morgan fingerprint density at radius 1 is 0.789 bits per heavy atom. The van der Waals surface area contributed by atoms with Crippen molar-refractivity contribution in [2.24, 2.45) is 5.73 Å². The Bertz CT molecular complexity index is 1420. The molecule has 1 fully saturated rings. The zero-order chi connectivity index (χ0) is 26.2. The summed E-state index contributed by atoms with van der Waals surface area (Å²) < 4.78 is 22.2. The lowest BCUT2D eigenvalue weighted by Gasteiger charge is -2.24. The van der Waals surface area contributed by atoms with Crippen LogP contribution in [0.25, 0.3) is 0 Å². The summed E-state index contributed by atoms with van der Waals surface area (Å²) in [5.74, 6) is 2.21. The predicted molar refractivity (Wildman–Crippen MR) is 136 cm³/mol. The fourth-order valence-electron chi connectivity index (χ4n) is 4.87. The van der Waals surface area contributed by atoms with Gasteiger partial charge < -0.3 is 29.6 Å². The lowest BCUT2D eigenvalue weighted by molar-refractivity contribution is -0.128. The zero-order valence-electron chi connectivity index (χ0n) is 20.5. The molecule has 3 aromatic carbocycles. The first kappa shape index (κ1) is 23.7. The number of nitrogens with one attached hydrogen (secondary N) is 1. The van der Waals surface area contributed by atoms with Gasteiger partial charge in [0.05, 0.1) is 6.54 Å². The van der Waals surface area contributed by atoms with Gasteiger partial charge in [-0.1, -0.05) is 36.4 Å². The van der Waals surface area contributed by atoms with Crippen LogP contribution in [0.1, 0.15) is 22.3 Å². The largest absolute Gasteiger partial charge is 0.486 e. The van der Waals surface area contributed by atoms with E-state index in [9.17, 15) is 9.59 Å². The maximum absolute atomic E-state index is 13.7. The minimum Gasteiger partial charge on any atom is -0.486 e. The summed E-state index contributed by atoms with van der Waals surface area (Å²) in [7, 11) is 0. The molecule has 1 saturated heterocycles. The Morgan fingerprint density at radius 3 is 2.08 bits per heavy atom. The first-order chi connectivity index (χ1) is 18.5. The lowest BCUT2D eigenvalue weighted by Crippen LogP contribution is -2.36. The molecular formula is C28H26N4O6. The third-order valence-electron chi connectivity index (χ3n) is 6.84. The first-order valence-corrected chi connectivity index (χ1v) is 12.3. The number of nitrogens with two attached hydrogens (primary N) is 1. The number of carbonyl (C=O) groups is 2. The van der Waals surface area contributed by atoms with Gasteiger partial charge in [0, 0.05) is 18.5 Å². The van der Waals surface area contributed by atoms with Crippen molar-refractivity contribution >= 4 is 17.8 Å². The molecule has 10 nitrogen and oxygen atoms in total. The topological polar surface area (TPSA) is 127 Å². The second kappa shape index (κ2) is 9.62. The molecule has 0 aliphatic carbocycles. The summed E-state index contributed by atoms with van der Waals surface area (Å²) in [6.07, 6.45) is 0.324. The third-order valence-corrected chi connectivity index (χ3v) is 6.84. The van der Waals surface area contributed by atoms with Crippen LogP contribution in [0.3, 0.4) is 0 Å². The smallest absolute Gasteiger partial charge is 0.328 e. The number of ether oxygens (including phenoxy) is 4. The van der Waals surface area contributed by atoms with Crippen LogP contribution in [0.2, 0.25) is 0 Å². The standard InChI is InChI=1S/C28H26N4O6/c29-26(30)20-5-1-17(2-6-20)11-21-27(33)32(15-19-4-8-23-25(13-19)38-16-37-23)28(34)31(21)14-18-3-7-22-24(12-18)36-10-9-35-22/h1-8,12-13,21H,9-11,14-16H2,(H3,29,30)/t21-/m0/s1. The van der Waals surface area contributed by atoms with Crippen molar-refractivity contribution in [2.45, 2.75) is 25.6 Å². The molecule has 3 amide bonds. The molecule has 3 aliphatic heterocycles. The zero-order valence-corrected chi connectivity index (χ0v) is 20.5. The van der Waals surface area contributed by atoms with Crippen LogP contribution in [-0.4, -0.2) is 53.6 Å². The molecular weight excluding hydrogens is 488 g/mol. The van der Waals surface area contributed by atoms with Gasteiger partial charge in [0.25, 0.3) is 5.91 Å². The van der Waals surface area contributed by atoms with Crippen molar-refractivity contribution in [1.82, 2.24) is 9.80 Å². The lowest BCUT2D eigenvalue weighted by atomic mass is 10.0. The average Bonchev–Trinajstić information content (AvgIpc) is 3.48. The van der Waals surface area contributed by atoms with Gasteiger partial charge in [0.1, 0.15) is 25.1 Å². The van der Waals surface area contributed by atoms with Gasteiger partial charge in [-0.25, -0.2) is 4.79 Å². The van der Waals surface area contributed by atoms with E-state index >= 15 is 0 Å². The maximum Gasteiger partial charge on any atom is 0.328 e. The molecule has 38 heavy (non-hydrogen) atoms. The van der Waals surface area contributed by atoms with Crippen LogP contribution < -0.4 is 24.7 Å². The fourth-order valence-corrected chi connectivity index (χ4v) is 4.87. The SMILES string of the molecule is N=C(N)c1ccc(C[C@H]2C(=O)N(Cc3ccc4c(c3)OCO4)C(=O)N2Cc2ccc3c(c2)OCCO3)cc1. The van der Waals surface area contributed by atoms with Gasteiger partial charge in [-0.3, -0.25) is 15.1 Å². The second-order valence-corrected chi connectivity index (χ2v) is 9.33. The number of nitrogen functional groups attached to an aromatic ring is 1. The minimum atomic E-state index is -0.701. The highest BCUT2D eigenvalue weighted by Crippen LogP contribution is 2.35. The number of amides is 3. The van der Waals surface area contributed by atoms with E-state index in [4.69, 9.17) is 30.1 Å². The van der Waals surface area contributed by atoms with E-state index in [1.807, 2.05) is 36.4 Å². The molecule has 1 atom stereocenters. The Balaban J connectivity index is 1.28. The molecule has 3 aromatic rings. The average molecular weight is 515 g/mol. The quantitative estimate of drug-likeness (QED) is 0.282. The number of benzene rings is 3. The predicted octanol–water partition coefficient (Wildman–Crippen LogP) is 3.05. The Morgan fingerprint density at radius 2 is 1.37 bits per heavy atom. The summed E-state index contributed by atoms with van der Waals surface area (Å²) in [6.45, 7) is 1.44. The molecule has 6 rings (SSSR count). The van der Waals surface area contributed by atoms with Crippen LogP contribution in [-0.2, 0) is 24.3 Å². The van der Waals surface area contributed by atoms with Crippen molar-refractivity contribution in [3.63, 3.8) is 0 Å². The van der Waals surface area contributed by atoms with E-state index in [0.717, 1.165) is 16.7 Å². The van der Waals surface area contributed by atoms with Crippen LogP contribution >= 0.6 is 0 Å². The van der Waals surface area contributed by atoms with Crippen molar-refractivity contribution < 1.29 is 28.5 Å². The number of hydrogen-bond acceptors (Lipinski definition) is 7. The Labute approximate surface area is 218 Å². The van der Waals surface area contributed by atoms with Gasteiger partial charge in [-0.15, -0.1) is 0 Å². The number of nitrogens with zero attached hydrogens (tertiary/aromatic N) is 2. The molecule has 0 radical (unpaired) electrons. The van der Waals surface area contributed by atoms with E-state index in [1.165, 1.54) is 4.90 Å². The number of hydrogen-bond donors (Lipinski definition) is 2. The highest BCUT2D eigenvalue weighted by atomic mass is 16.7. The number of fused-ring (bicyclic) bond motifs is 2. The van der Waals surface area contributed by atoms with E-state index in [-0.39, 0.29) is 37.7 Å². The van der Waals surface area contributed by atoms with Crippen molar-refractivity contribution in [1.29, 1.82) is 5.41 Å². The second-order valence-electron chi connectivity index (χ2n) is 9.33. The highest BCUT2D eigenvalue weighted by molar-refractivity contribution is 6.04. The molecule has 3 N–H and O–H groups in total. The third kappa shape index (κ3) is 4.45. The number of carbonyl (C=O) groups excluding carboxylic acids is 2. The number of rotatable bonds is 7. The van der Waals surface area contributed by atoms with Gasteiger partial charge in [-0.2, -0.15) is 0 Å². The minimum absolute atomic E-state index is 0.0289. The molecule has 0 aromatic heterocycles. The summed E-state index contributed by atoms with van der Waals surface area (Å²) in [6, 6.07) is 17.0. The fraction of sp³-hybridized carbons (Fsp3) is 0.250. The van der Waals surface area contributed by atoms with Crippen molar-refractivity contribution in [3.8, 4) is 23.0 Å². The van der Waals surface area contributed by atoms with Crippen molar-refractivity contribution in [3.05, 3.63) is 82.9 Å². The van der Waals surface area contributed by atoms with Crippen molar-refractivity contribution in [2.75, 3.05) is 20.0 Å². The Kier molecular flexibility index (Phi) is 5.99. The van der Waals surface area contributed by atoms with Crippen LogP contribution in [0.4, 0.5) is 4.79 Å². The molecule has 3 aliphatic rings. The number of urea groups is 1. The Hall–Kier alpha value is -4.73. The van der Waals surface area contributed by atoms with Crippen LogP contribution in [0.5, 0.6) is 23.0 Å². The van der Waals surface area contributed by atoms with Gasteiger partial charge >= 0.3 is 6.03 Å². The van der Waals surface area contributed by atoms with E-state index < -0.39 is 6.04 Å². The van der Waals surface area contributed by atoms with Crippen LogP contribution in [0.15, 0.2) is 60.7 Å². The summed E-state index contributed by atoms with van der Waals surface area (Å²) in [5, 5.41) is 7.62. The molecule has 3 heterocycles. The molecule has 0 bridgehead atoms. The monoisotopic (exact) mass is 514 g/mol.